The first-order chi connectivity index (χ1) is 14.7. The molecule has 1 aliphatic heterocycles. The van der Waals surface area contributed by atoms with Gasteiger partial charge in [0.25, 0.3) is 0 Å². The molecule has 0 saturated carbocycles. The number of hydrogen-bond donors (Lipinski definition) is 0. The molecule has 3 rings (SSSR count). The Morgan fingerprint density at radius 3 is 2.33 bits per heavy atom. The lowest BCUT2D eigenvalue weighted by Gasteiger charge is -2.34. The largest absolute Gasteiger partial charge is 0.462 e. The van der Waals surface area contributed by atoms with Crippen LogP contribution in [-0.2, 0) is 11.2 Å². The average molecular weight is 404 g/mol. The molecule has 2 aromatic rings. The van der Waals surface area contributed by atoms with Crippen LogP contribution >= 0.6 is 0 Å². The highest BCUT2D eigenvalue weighted by atomic mass is 16.5. The monoisotopic (exact) mass is 403 g/mol. The van der Waals surface area contributed by atoms with Crippen molar-refractivity contribution in [2.45, 2.75) is 13.3 Å². The molecule has 0 radical (unpaired) electrons. The fraction of sp³-hybridized carbons (Fsp3) is 0.360. The highest BCUT2D eigenvalue weighted by molar-refractivity contribution is 5.89. The Morgan fingerprint density at radius 2 is 1.70 bits per heavy atom. The third-order valence-corrected chi connectivity index (χ3v) is 5.36. The Hall–Kier alpha value is -2.94. The zero-order valence-electron chi connectivity index (χ0n) is 17.6. The van der Waals surface area contributed by atoms with Crippen LogP contribution < -0.4 is 0 Å². The third kappa shape index (κ3) is 6.55. The number of piperazine rings is 1. The van der Waals surface area contributed by atoms with Gasteiger partial charge in [0, 0.05) is 39.3 Å². The molecule has 1 aliphatic rings. The number of carbonyl (C=O) groups excluding carboxylic acids is 1. The van der Waals surface area contributed by atoms with Gasteiger partial charge in [-0.2, -0.15) is 5.26 Å². The highest BCUT2D eigenvalue weighted by Gasteiger charge is 2.15. The van der Waals surface area contributed by atoms with Gasteiger partial charge in [0.05, 0.1) is 23.8 Å². The first-order valence-electron chi connectivity index (χ1n) is 10.6. The topological polar surface area (TPSA) is 56.6 Å². The number of nitriles is 1. The van der Waals surface area contributed by atoms with Gasteiger partial charge in [0.15, 0.2) is 0 Å². The van der Waals surface area contributed by atoms with Crippen molar-refractivity contribution in [2.75, 3.05) is 45.9 Å². The molecule has 0 aromatic heterocycles. The summed E-state index contributed by atoms with van der Waals surface area (Å²) in [6, 6.07) is 17.6. The number of benzene rings is 2. The Kier molecular flexibility index (Phi) is 8.20. The summed E-state index contributed by atoms with van der Waals surface area (Å²) in [5, 5.41) is 8.85. The van der Waals surface area contributed by atoms with Crippen molar-refractivity contribution in [3.63, 3.8) is 0 Å². The van der Waals surface area contributed by atoms with E-state index in [1.807, 2.05) is 55.5 Å². The molecular formula is C25H29N3O2. The molecular weight excluding hydrogens is 374 g/mol. The van der Waals surface area contributed by atoms with Crippen molar-refractivity contribution in [1.29, 1.82) is 5.26 Å². The van der Waals surface area contributed by atoms with Crippen LogP contribution in [-0.4, -0.2) is 61.6 Å². The summed E-state index contributed by atoms with van der Waals surface area (Å²) in [4.78, 5) is 16.7. The second-order valence-electron chi connectivity index (χ2n) is 7.45. The zero-order valence-corrected chi connectivity index (χ0v) is 17.6. The van der Waals surface area contributed by atoms with E-state index in [4.69, 9.17) is 10.00 Å². The number of esters is 1. The van der Waals surface area contributed by atoms with E-state index in [1.54, 1.807) is 0 Å². The fourth-order valence-electron chi connectivity index (χ4n) is 3.51. The summed E-state index contributed by atoms with van der Waals surface area (Å²) in [5.74, 6) is -0.256. The minimum Gasteiger partial charge on any atom is -0.462 e. The van der Waals surface area contributed by atoms with E-state index in [2.05, 4.69) is 28.0 Å². The van der Waals surface area contributed by atoms with E-state index in [0.717, 1.165) is 51.3 Å². The van der Waals surface area contributed by atoms with Gasteiger partial charge in [0.2, 0.25) is 0 Å². The minimum absolute atomic E-state index is 0.256. The maximum atomic E-state index is 11.7. The molecule has 156 valence electrons. The van der Waals surface area contributed by atoms with E-state index < -0.39 is 0 Å². The fourth-order valence-corrected chi connectivity index (χ4v) is 3.51. The number of rotatable bonds is 8. The molecule has 0 spiro atoms. The van der Waals surface area contributed by atoms with Crippen molar-refractivity contribution in [2.24, 2.45) is 0 Å². The second-order valence-corrected chi connectivity index (χ2v) is 7.45. The highest BCUT2D eigenvalue weighted by Crippen LogP contribution is 2.10. The summed E-state index contributed by atoms with van der Waals surface area (Å²) < 4.78 is 5.03. The van der Waals surface area contributed by atoms with Gasteiger partial charge in [-0.15, -0.1) is 0 Å². The standard InChI is InChI=1S/C25H29N3O2/c1-2-30-25(29)24-11-9-22(10-12-24)13-15-28-18-16-27(17-19-28)14-3-4-21-5-7-23(20-26)8-6-21/h3-12H,2,13-19H2,1H3. The molecule has 1 saturated heterocycles. The number of carbonyl (C=O) groups is 1. The van der Waals surface area contributed by atoms with E-state index in [0.29, 0.717) is 17.7 Å². The Labute approximate surface area is 179 Å². The van der Waals surface area contributed by atoms with Gasteiger partial charge in [-0.1, -0.05) is 36.4 Å². The predicted octanol–water partition coefficient (Wildman–Crippen LogP) is 3.61. The Bertz CT molecular complexity index is 874. The van der Waals surface area contributed by atoms with Crippen molar-refractivity contribution in [1.82, 2.24) is 9.80 Å². The Balaban J connectivity index is 1.36. The summed E-state index contributed by atoms with van der Waals surface area (Å²) in [7, 11) is 0. The lowest BCUT2D eigenvalue weighted by molar-refractivity contribution is 0.0526. The number of nitrogens with zero attached hydrogens (tertiary/aromatic N) is 3. The molecule has 5 nitrogen and oxygen atoms in total. The SMILES string of the molecule is CCOC(=O)c1ccc(CCN2CCN(CC=Cc3ccc(C#N)cc3)CC2)cc1. The maximum Gasteiger partial charge on any atom is 0.338 e. The first-order valence-corrected chi connectivity index (χ1v) is 10.6. The van der Waals surface area contributed by atoms with Gasteiger partial charge in [-0.25, -0.2) is 4.79 Å². The zero-order chi connectivity index (χ0) is 21.2. The van der Waals surface area contributed by atoms with E-state index in [9.17, 15) is 4.79 Å². The van der Waals surface area contributed by atoms with Crippen molar-refractivity contribution in [3.05, 3.63) is 76.9 Å². The van der Waals surface area contributed by atoms with Crippen LogP contribution in [0.3, 0.4) is 0 Å². The molecule has 0 amide bonds. The normalized spacial score (nSPS) is 15.2. The predicted molar refractivity (Wildman–Crippen MR) is 119 cm³/mol. The van der Waals surface area contributed by atoms with Gasteiger partial charge < -0.3 is 9.64 Å². The van der Waals surface area contributed by atoms with Crippen LogP contribution in [0.1, 0.15) is 34.0 Å². The van der Waals surface area contributed by atoms with Gasteiger partial charge >= 0.3 is 5.97 Å². The number of ether oxygens (including phenoxy) is 1. The average Bonchev–Trinajstić information content (AvgIpc) is 2.79. The van der Waals surface area contributed by atoms with Crippen LogP contribution in [0.2, 0.25) is 0 Å². The van der Waals surface area contributed by atoms with Gasteiger partial charge in [-0.05, 0) is 48.7 Å². The van der Waals surface area contributed by atoms with Crippen LogP contribution in [0.25, 0.3) is 6.08 Å². The molecule has 1 heterocycles. The molecule has 5 heteroatoms. The third-order valence-electron chi connectivity index (χ3n) is 5.36. The summed E-state index contributed by atoms with van der Waals surface area (Å²) in [5.41, 5.74) is 3.68. The van der Waals surface area contributed by atoms with Crippen molar-refractivity contribution < 1.29 is 9.53 Å². The molecule has 1 fully saturated rings. The summed E-state index contributed by atoms with van der Waals surface area (Å²) in [6.45, 7) is 8.49. The quantitative estimate of drug-likeness (QED) is 0.630. The van der Waals surface area contributed by atoms with E-state index in [1.165, 1.54) is 5.56 Å². The molecule has 2 aromatic carbocycles. The second kappa shape index (κ2) is 11.3. The van der Waals surface area contributed by atoms with Gasteiger partial charge in [-0.3, -0.25) is 4.90 Å². The van der Waals surface area contributed by atoms with Crippen LogP contribution in [0, 0.1) is 11.3 Å². The Morgan fingerprint density at radius 1 is 1.03 bits per heavy atom. The van der Waals surface area contributed by atoms with Crippen molar-refractivity contribution >= 4 is 12.0 Å². The maximum absolute atomic E-state index is 11.7. The summed E-state index contributed by atoms with van der Waals surface area (Å²) in [6.07, 6.45) is 5.30. The molecule has 0 bridgehead atoms. The minimum atomic E-state index is -0.256. The van der Waals surface area contributed by atoms with E-state index in [-0.39, 0.29) is 5.97 Å². The molecule has 30 heavy (non-hydrogen) atoms. The van der Waals surface area contributed by atoms with E-state index >= 15 is 0 Å². The summed E-state index contributed by atoms with van der Waals surface area (Å²) >= 11 is 0. The van der Waals surface area contributed by atoms with Gasteiger partial charge in [0.1, 0.15) is 0 Å². The first kappa shape index (κ1) is 21.8. The number of hydrogen-bond acceptors (Lipinski definition) is 5. The van der Waals surface area contributed by atoms with Crippen molar-refractivity contribution in [3.8, 4) is 6.07 Å². The van der Waals surface area contributed by atoms with Crippen LogP contribution in [0.5, 0.6) is 0 Å². The lowest BCUT2D eigenvalue weighted by atomic mass is 10.1. The van der Waals surface area contributed by atoms with Crippen LogP contribution in [0.15, 0.2) is 54.6 Å². The van der Waals surface area contributed by atoms with Crippen LogP contribution in [0.4, 0.5) is 0 Å². The molecule has 0 N–H and O–H groups in total. The smallest absolute Gasteiger partial charge is 0.338 e. The lowest BCUT2D eigenvalue weighted by Crippen LogP contribution is -2.46. The molecule has 0 unspecified atom stereocenters. The molecule has 0 aliphatic carbocycles. The molecule has 0 atom stereocenters.